The molecule has 2 aromatic rings. The van der Waals surface area contributed by atoms with Crippen molar-refractivity contribution in [2.75, 3.05) is 7.11 Å². The van der Waals surface area contributed by atoms with E-state index in [4.69, 9.17) is 4.74 Å². The Labute approximate surface area is 133 Å². The number of nitrogens with zero attached hydrogens (tertiary/aromatic N) is 1. The number of carbonyl (C=O) groups is 1. The molecule has 0 atom stereocenters. The molecule has 1 amide bonds. The van der Waals surface area contributed by atoms with Gasteiger partial charge in [-0.25, -0.2) is 0 Å². The lowest BCUT2D eigenvalue weighted by molar-refractivity contribution is -0.385. The van der Waals surface area contributed by atoms with Crippen molar-refractivity contribution in [1.29, 1.82) is 0 Å². The van der Waals surface area contributed by atoms with Gasteiger partial charge in [0, 0.05) is 22.6 Å². The van der Waals surface area contributed by atoms with Crippen LogP contribution in [0.15, 0.2) is 34.1 Å². The number of carbonyl (C=O) groups excluding carboxylic acids is 1. The maximum Gasteiger partial charge on any atom is 0.310 e. The van der Waals surface area contributed by atoms with Crippen LogP contribution in [0.4, 0.5) is 5.69 Å². The fourth-order valence-corrected chi connectivity index (χ4v) is 3.11. The quantitative estimate of drug-likeness (QED) is 0.646. The summed E-state index contributed by atoms with van der Waals surface area (Å²) < 4.78 is 5.93. The molecule has 1 aromatic carbocycles. The van der Waals surface area contributed by atoms with E-state index >= 15 is 0 Å². The highest BCUT2D eigenvalue weighted by atomic mass is 79.9. The molecule has 0 aliphatic carbocycles. The van der Waals surface area contributed by atoms with E-state index in [9.17, 15) is 14.9 Å². The summed E-state index contributed by atoms with van der Waals surface area (Å²) in [6, 6.07) is 7.83. The third-order valence-corrected chi connectivity index (χ3v) is 4.31. The second-order valence-corrected chi connectivity index (χ2v) is 6.58. The Morgan fingerprint density at radius 3 is 2.76 bits per heavy atom. The lowest BCUT2D eigenvalue weighted by Crippen LogP contribution is -2.22. The van der Waals surface area contributed by atoms with Crippen LogP contribution >= 0.6 is 27.3 Å². The fraction of sp³-hybridized carbons (Fsp3) is 0.154. The average Bonchev–Trinajstić information content (AvgIpc) is 2.89. The van der Waals surface area contributed by atoms with Gasteiger partial charge in [0.1, 0.15) is 0 Å². The van der Waals surface area contributed by atoms with Gasteiger partial charge in [-0.3, -0.25) is 14.9 Å². The molecule has 8 heteroatoms. The molecule has 0 radical (unpaired) electrons. The number of nitrogens with one attached hydrogen (secondary N) is 1. The van der Waals surface area contributed by atoms with Gasteiger partial charge >= 0.3 is 5.69 Å². The molecule has 0 saturated carbocycles. The monoisotopic (exact) mass is 370 g/mol. The number of nitro benzene ring substituents is 1. The van der Waals surface area contributed by atoms with Crippen LogP contribution in [-0.2, 0) is 6.54 Å². The van der Waals surface area contributed by atoms with Gasteiger partial charge < -0.3 is 10.1 Å². The third kappa shape index (κ3) is 3.79. The molecule has 0 fully saturated rings. The summed E-state index contributed by atoms with van der Waals surface area (Å²) >= 11 is 4.88. The predicted molar refractivity (Wildman–Crippen MR) is 82.8 cm³/mol. The molecule has 0 spiro atoms. The highest BCUT2D eigenvalue weighted by Crippen LogP contribution is 2.27. The average molecular weight is 371 g/mol. The minimum absolute atomic E-state index is 0.0616. The zero-order chi connectivity index (χ0) is 15.4. The van der Waals surface area contributed by atoms with E-state index in [-0.39, 0.29) is 17.3 Å². The maximum absolute atomic E-state index is 12.0. The van der Waals surface area contributed by atoms with Crippen molar-refractivity contribution in [3.8, 4) is 5.75 Å². The molecular formula is C13H11BrN2O4S. The Morgan fingerprint density at radius 2 is 2.19 bits per heavy atom. The summed E-state index contributed by atoms with van der Waals surface area (Å²) in [5, 5.41) is 13.6. The number of ether oxygens (including phenoxy) is 1. The maximum atomic E-state index is 12.0. The van der Waals surface area contributed by atoms with Gasteiger partial charge in [-0.1, -0.05) is 0 Å². The van der Waals surface area contributed by atoms with E-state index in [0.29, 0.717) is 12.1 Å². The molecule has 1 heterocycles. The summed E-state index contributed by atoms with van der Waals surface area (Å²) in [5.41, 5.74) is 0.143. The number of hydrogen-bond acceptors (Lipinski definition) is 5. The minimum atomic E-state index is -0.552. The van der Waals surface area contributed by atoms with Crippen molar-refractivity contribution < 1.29 is 14.5 Å². The third-order valence-electron chi connectivity index (χ3n) is 2.69. The van der Waals surface area contributed by atoms with Gasteiger partial charge in [0.25, 0.3) is 5.91 Å². The smallest absolute Gasteiger partial charge is 0.310 e. The SMILES string of the molecule is COc1cc(C(=O)NCc2ccc(Br)s2)ccc1[N+](=O)[O-]. The van der Waals surface area contributed by atoms with Crippen LogP contribution in [0.1, 0.15) is 15.2 Å². The molecule has 1 N–H and O–H groups in total. The van der Waals surface area contributed by atoms with Crippen LogP contribution in [0.5, 0.6) is 5.75 Å². The molecular weight excluding hydrogens is 360 g/mol. The van der Waals surface area contributed by atoms with Crippen molar-refractivity contribution in [1.82, 2.24) is 5.32 Å². The zero-order valence-corrected chi connectivity index (χ0v) is 13.4. The standard InChI is InChI=1S/C13H11BrN2O4S/c1-20-11-6-8(2-4-10(11)16(18)19)13(17)15-7-9-3-5-12(14)21-9/h2-6H,7H2,1H3,(H,15,17). The number of rotatable bonds is 5. The van der Waals surface area contributed by atoms with Crippen LogP contribution in [-0.4, -0.2) is 17.9 Å². The second-order valence-electron chi connectivity index (χ2n) is 4.03. The number of thiophene rings is 1. The Hall–Kier alpha value is -1.93. The number of halogens is 1. The fourth-order valence-electron chi connectivity index (χ4n) is 1.69. The first-order valence-electron chi connectivity index (χ1n) is 5.86. The van der Waals surface area contributed by atoms with E-state index in [0.717, 1.165) is 8.66 Å². The highest BCUT2D eigenvalue weighted by Gasteiger charge is 2.17. The predicted octanol–water partition coefficient (Wildman–Crippen LogP) is 3.36. The van der Waals surface area contributed by atoms with Gasteiger partial charge in [0.2, 0.25) is 0 Å². The van der Waals surface area contributed by atoms with Gasteiger partial charge in [-0.05, 0) is 34.1 Å². The van der Waals surface area contributed by atoms with Crippen molar-refractivity contribution in [2.24, 2.45) is 0 Å². The van der Waals surface area contributed by atoms with Crippen molar-refractivity contribution in [3.63, 3.8) is 0 Å². The molecule has 0 unspecified atom stereocenters. The van der Waals surface area contributed by atoms with E-state index in [1.807, 2.05) is 12.1 Å². The molecule has 0 aliphatic rings. The van der Waals surface area contributed by atoms with Gasteiger partial charge in [0.05, 0.1) is 22.4 Å². The molecule has 6 nitrogen and oxygen atoms in total. The second kappa shape index (κ2) is 6.68. The summed E-state index contributed by atoms with van der Waals surface area (Å²) in [7, 11) is 1.33. The van der Waals surface area contributed by atoms with Crippen LogP contribution in [0, 0.1) is 10.1 Å². The summed E-state index contributed by atoms with van der Waals surface area (Å²) in [5.74, 6) is -0.251. The molecule has 21 heavy (non-hydrogen) atoms. The zero-order valence-electron chi connectivity index (χ0n) is 11.0. The Kier molecular flexibility index (Phi) is 4.92. The summed E-state index contributed by atoms with van der Waals surface area (Å²) in [4.78, 5) is 23.3. The van der Waals surface area contributed by atoms with Crippen LogP contribution < -0.4 is 10.1 Å². The van der Waals surface area contributed by atoms with E-state index in [2.05, 4.69) is 21.2 Å². The molecule has 2 rings (SSSR count). The van der Waals surface area contributed by atoms with Crippen molar-refractivity contribution >= 4 is 38.9 Å². The topological polar surface area (TPSA) is 81.5 Å². The summed E-state index contributed by atoms with van der Waals surface area (Å²) in [6.45, 7) is 0.397. The molecule has 0 bridgehead atoms. The Balaban J connectivity index is 2.10. The van der Waals surface area contributed by atoms with Crippen molar-refractivity contribution in [3.05, 3.63) is 54.7 Å². The van der Waals surface area contributed by atoms with Gasteiger partial charge in [0.15, 0.2) is 5.75 Å². The highest BCUT2D eigenvalue weighted by molar-refractivity contribution is 9.11. The Bertz CT molecular complexity index is 687. The first kappa shape index (κ1) is 15.5. The molecule has 0 aliphatic heterocycles. The van der Waals surface area contributed by atoms with Crippen molar-refractivity contribution in [2.45, 2.75) is 6.54 Å². The van der Waals surface area contributed by atoms with Crippen LogP contribution in [0.2, 0.25) is 0 Å². The minimum Gasteiger partial charge on any atom is -0.490 e. The lowest BCUT2D eigenvalue weighted by Gasteiger charge is -2.06. The Morgan fingerprint density at radius 1 is 1.43 bits per heavy atom. The first-order valence-corrected chi connectivity index (χ1v) is 7.47. The lowest BCUT2D eigenvalue weighted by atomic mass is 10.1. The molecule has 0 saturated heterocycles. The number of hydrogen-bond donors (Lipinski definition) is 1. The van der Waals surface area contributed by atoms with Crippen LogP contribution in [0.25, 0.3) is 0 Å². The number of methoxy groups -OCH3 is 1. The van der Waals surface area contributed by atoms with Gasteiger partial charge in [-0.2, -0.15) is 0 Å². The number of benzene rings is 1. The normalized spacial score (nSPS) is 10.2. The van der Waals surface area contributed by atoms with Gasteiger partial charge in [-0.15, -0.1) is 11.3 Å². The molecule has 110 valence electrons. The number of nitro groups is 1. The molecule has 1 aromatic heterocycles. The number of amides is 1. The van der Waals surface area contributed by atoms with E-state index in [1.165, 1.54) is 36.6 Å². The van der Waals surface area contributed by atoms with Crippen LogP contribution in [0.3, 0.4) is 0 Å². The first-order chi connectivity index (χ1) is 10.0. The van der Waals surface area contributed by atoms with E-state index in [1.54, 1.807) is 0 Å². The largest absolute Gasteiger partial charge is 0.490 e. The summed E-state index contributed by atoms with van der Waals surface area (Å²) in [6.07, 6.45) is 0. The van der Waals surface area contributed by atoms with E-state index < -0.39 is 4.92 Å².